The number of para-hydroxylation sites is 1. The minimum Gasteiger partial charge on any atom is -0.310 e. The second kappa shape index (κ2) is 5.34. The van der Waals surface area contributed by atoms with Crippen molar-refractivity contribution in [1.82, 2.24) is 20.1 Å². The van der Waals surface area contributed by atoms with Crippen molar-refractivity contribution in [2.24, 2.45) is 0 Å². The molecule has 3 aromatic rings. The summed E-state index contributed by atoms with van der Waals surface area (Å²) in [5.41, 5.74) is 3.41. The zero-order valence-electron chi connectivity index (χ0n) is 11.9. The van der Waals surface area contributed by atoms with E-state index >= 15 is 0 Å². The van der Waals surface area contributed by atoms with Crippen LogP contribution in [0, 0.1) is 6.92 Å². The fourth-order valence-corrected chi connectivity index (χ4v) is 3.38. The fraction of sp³-hybridized carbons (Fsp3) is 0.333. The molecule has 0 saturated heterocycles. The summed E-state index contributed by atoms with van der Waals surface area (Å²) in [4.78, 5) is 4.66. The lowest BCUT2D eigenvalue weighted by Crippen LogP contribution is -2.18. The Hall–Kier alpha value is -1.72. The summed E-state index contributed by atoms with van der Waals surface area (Å²) in [6, 6.07) is 8.50. The Morgan fingerprint density at radius 3 is 2.90 bits per heavy atom. The molecule has 2 aromatic heterocycles. The quantitative estimate of drug-likeness (QED) is 0.798. The van der Waals surface area contributed by atoms with E-state index in [2.05, 4.69) is 42.2 Å². The minimum atomic E-state index is 0.308. The molecule has 4 nitrogen and oxygen atoms in total. The molecule has 0 aliphatic carbocycles. The number of fused-ring (bicyclic) bond motifs is 1. The Labute approximate surface area is 122 Å². The van der Waals surface area contributed by atoms with E-state index in [-0.39, 0.29) is 0 Å². The first-order chi connectivity index (χ1) is 9.70. The predicted molar refractivity (Wildman–Crippen MR) is 83.6 cm³/mol. The van der Waals surface area contributed by atoms with E-state index in [1.807, 2.05) is 29.1 Å². The van der Waals surface area contributed by atoms with Crippen LogP contribution in [0.2, 0.25) is 0 Å². The van der Waals surface area contributed by atoms with Crippen LogP contribution >= 0.6 is 11.3 Å². The van der Waals surface area contributed by atoms with Crippen molar-refractivity contribution in [3.63, 3.8) is 0 Å². The third-order valence-electron chi connectivity index (χ3n) is 3.49. The van der Waals surface area contributed by atoms with Gasteiger partial charge in [0.15, 0.2) is 0 Å². The van der Waals surface area contributed by atoms with Gasteiger partial charge in [-0.2, -0.15) is 5.10 Å². The highest BCUT2D eigenvalue weighted by Gasteiger charge is 2.15. The van der Waals surface area contributed by atoms with Gasteiger partial charge in [0, 0.05) is 17.3 Å². The van der Waals surface area contributed by atoms with E-state index in [0.717, 1.165) is 22.9 Å². The van der Waals surface area contributed by atoms with Gasteiger partial charge < -0.3 is 5.32 Å². The van der Waals surface area contributed by atoms with E-state index in [4.69, 9.17) is 0 Å². The first-order valence-corrected chi connectivity index (χ1v) is 7.66. The highest BCUT2D eigenvalue weighted by atomic mass is 32.1. The van der Waals surface area contributed by atoms with E-state index in [0.29, 0.717) is 6.04 Å². The maximum atomic E-state index is 4.66. The van der Waals surface area contributed by atoms with Crippen molar-refractivity contribution in [3.05, 3.63) is 41.7 Å². The molecule has 0 radical (unpaired) electrons. The van der Waals surface area contributed by atoms with Crippen molar-refractivity contribution >= 4 is 21.6 Å². The van der Waals surface area contributed by atoms with Gasteiger partial charge in [-0.25, -0.2) is 9.67 Å². The first kappa shape index (κ1) is 13.3. The van der Waals surface area contributed by atoms with Crippen molar-refractivity contribution in [3.8, 4) is 5.13 Å². The number of hydrogen-bond acceptors (Lipinski definition) is 4. The monoisotopic (exact) mass is 286 g/mol. The Morgan fingerprint density at radius 2 is 2.15 bits per heavy atom. The van der Waals surface area contributed by atoms with Gasteiger partial charge in [0.05, 0.1) is 16.4 Å². The highest BCUT2D eigenvalue weighted by Crippen LogP contribution is 2.27. The molecule has 0 fully saturated rings. The molecular weight excluding hydrogens is 268 g/mol. The highest BCUT2D eigenvalue weighted by molar-refractivity contribution is 7.20. The second-order valence-electron chi connectivity index (χ2n) is 4.84. The molecule has 0 amide bonds. The molecule has 0 saturated carbocycles. The number of rotatable bonds is 4. The second-order valence-corrected chi connectivity index (χ2v) is 5.85. The van der Waals surface area contributed by atoms with Crippen molar-refractivity contribution < 1.29 is 0 Å². The molecule has 20 heavy (non-hydrogen) atoms. The maximum Gasteiger partial charge on any atom is 0.211 e. The number of hydrogen-bond donors (Lipinski definition) is 1. The standard InChI is InChI=1S/C15H18N4S/c1-4-16-10(2)12-9-17-19(11(12)3)15-18-13-7-5-6-8-14(13)20-15/h5-10,16H,4H2,1-3H3. The molecule has 0 aliphatic heterocycles. The molecular formula is C15H18N4S. The van der Waals surface area contributed by atoms with E-state index in [9.17, 15) is 0 Å². The van der Waals surface area contributed by atoms with Crippen molar-refractivity contribution in [1.29, 1.82) is 0 Å². The zero-order chi connectivity index (χ0) is 14.1. The summed E-state index contributed by atoms with van der Waals surface area (Å²) >= 11 is 1.67. The Balaban J connectivity index is 2.02. The molecule has 2 heterocycles. The molecule has 104 valence electrons. The average Bonchev–Trinajstić information content (AvgIpc) is 3.01. The Bertz CT molecular complexity index is 695. The van der Waals surface area contributed by atoms with Crippen LogP contribution in [0.5, 0.6) is 0 Å². The smallest absolute Gasteiger partial charge is 0.211 e. The van der Waals surface area contributed by atoms with Crippen LogP contribution in [0.25, 0.3) is 15.3 Å². The molecule has 1 atom stereocenters. The molecule has 0 bridgehead atoms. The summed E-state index contributed by atoms with van der Waals surface area (Å²) in [6.45, 7) is 7.33. The van der Waals surface area contributed by atoms with Gasteiger partial charge in [-0.05, 0) is 32.5 Å². The number of nitrogens with one attached hydrogen (secondary N) is 1. The van der Waals surface area contributed by atoms with Crippen LogP contribution in [0.1, 0.15) is 31.1 Å². The maximum absolute atomic E-state index is 4.66. The van der Waals surface area contributed by atoms with Crippen LogP contribution in [-0.4, -0.2) is 21.3 Å². The van der Waals surface area contributed by atoms with E-state index in [1.165, 1.54) is 10.3 Å². The lowest BCUT2D eigenvalue weighted by Gasteiger charge is -2.11. The van der Waals surface area contributed by atoms with Gasteiger partial charge in [-0.15, -0.1) is 0 Å². The SMILES string of the molecule is CCNC(C)c1cnn(-c2nc3ccccc3s2)c1C. The van der Waals surface area contributed by atoms with Crippen molar-refractivity contribution in [2.75, 3.05) is 6.54 Å². The van der Waals surface area contributed by atoms with Crippen molar-refractivity contribution in [2.45, 2.75) is 26.8 Å². The summed E-state index contributed by atoms with van der Waals surface area (Å²) in [6.07, 6.45) is 1.94. The van der Waals surface area contributed by atoms with Crippen LogP contribution in [0.3, 0.4) is 0 Å². The number of thiazole rings is 1. The van der Waals surface area contributed by atoms with Gasteiger partial charge in [0.1, 0.15) is 0 Å². The summed E-state index contributed by atoms with van der Waals surface area (Å²) in [7, 11) is 0. The minimum absolute atomic E-state index is 0.308. The lowest BCUT2D eigenvalue weighted by atomic mass is 10.1. The number of aromatic nitrogens is 3. The normalized spacial score (nSPS) is 12.9. The molecule has 0 aliphatic rings. The molecule has 1 unspecified atom stereocenters. The Kier molecular flexibility index (Phi) is 3.54. The third kappa shape index (κ3) is 2.23. The molecule has 0 spiro atoms. The topological polar surface area (TPSA) is 42.7 Å². The fourth-order valence-electron chi connectivity index (χ4n) is 2.41. The van der Waals surface area contributed by atoms with Gasteiger partial charge >= 0.3 is 0 Å². The number of nitrogens with zero attached hydrogens (tertiary/aromatic N) is 3. The Morgan fingerprint density at radius 1 is 1.35 bits per heavy atom. The molecule has 5 heteroatoms. The van der Waals surface area contributed by atoms with Gasteiger partial charge in [-0.3, -0.25) is 0 Å². The van der Waals surface area contributed by atoms with Crippen LogP contribution in [-0.2, 0) is 0 Å². The predicted octanol–water partition coefficient (Wildman–Crippen LogP) is 3.46. The van der Waals surface area contributed by atoms with E-state index in [1.54, 1.807) is 11.3 Å². The molecule has 1 N–H and O–H groups in total. The molecule has 3 rings (SSSR count). The van der Waals surface area contributed by atoms with Gasteiger partial charge in [-0.1, -0.05) is 30.4 Å². The number of benzene rings is 1. The van der Waals surface area contributed by atoms with Crippen LogP contribution in [0.4, 0.5) is 0 Å². The molecule has 1 aromatic carbocycles. The lowest BCUT2D eigenvalue weighted by molar-refractivity contribution is 0.594. The average molecular weight is 286 g/mol. The zero-order valence-corrected chi connectivity index (χ0v) is 12.7. The summed E-state index contributed by atoms with van der Waals surface area (Å²) in [5.74, 6) is 0. The summed E-state index contributed by atoms with van der Waals surface area (Å²) in [5, 5.41) is 8.86. The summed E-state index contributed by atoms with van der Waals surface area (Å²) < 4.78 is 3.13. The first-order valence-electron chi connectivity index (χ1n) is 6.84. The van der Waals surface area contributed by atoms with Crippen LogP contribution in [0.15, 0.2) is 30.5 Å². The van der Waals surface area contributed by atoms with Crippen LogP contribution < -0.4 is 5.32 Å². The van der Waals surface area contributed by atoms with Gasteiger partial charge in [0.25, 0.3) is 0 Å². The van der Waals surface area contributed by atoms with E-state index < -0.39 is 0 Å². The van der Waals surface area contributed by atoms with Gasteiger partial charge in [0.2, 0.25) is 5.13 Å². The third-order valence-corrected chi connectivity index (χ3v) is 4.50. The largest absolute Gasteiger partial charge is 0.310 e.